The Hall–Kier alpha value is -1.32. The number of nitrogens with one attached hydrogen (secondary N) is 1. The first-order valence-electron chi connectivity index (χ1n) is 6.54. The van der Waals surface area contributed by atoms with Gasteiger partial charge in [-0.2, -0.15) is 5.10 Å². The van der Waals surface area contributed by atoms with Crippen LogP contribution in [0.3, 0.4) is 0 Å². The van der Waals surface area contributed by atoms with Crippen molar-refractivity contribution in [1.82, 2.24) is 15.1 Å². The summed E-state index contributed by atoms with van der Waals surface area (Å²) in [6.07, 6.45) is 4.24. The summed E-state index contributed by atoms with van der Waals surface area (Å²) in [7, 11) is 0. The highest BCUT2D eigenvalue weighted by Crippen LogP contribution is 2.17. The topological polar surface area (TPSA) is 49.0 Å². The van der Waals surface area contributed by atoms with Gasteiger partial charge in [0.25, 0.3) is 5.91 Å². The minimum atomic E-state index is 0.0792. The molecule has 1 saturated heterocycles. The lowest BCUT2D eigenvalue weighted by molar-refractivity contribution is 0.0691. The number of hydrogen-bond donors (Lipinski definition) is 1. The maximum absolute atomic E-state index is 12.2. The maximum atomic E-state index is 12.2. The monoisotopic (exact) mass is 235 g/mol. The molecule has 0 aliphatic carbocycles. The Morgan fingerprint density at radius 3 is 2.88 bits per heavy atom. The van der Waals surface area contributed by atoms with E-state index < -0.39 is 0 Å². The second-order valence-electron chi connectivity index (χ2n) is 5.00. The third-order valence-electron chi connectivity index (χ3n) is 3.44. The van der Waals surface area contributed by atoms with Gasteiger partial charge in [-0.1, -0.05) is 20.3 Å². The summed E-state index contributed by atoms with van der Waals surface area (Å²) in [4.78, 5) is 14.1. The summed E-state index contributed by atoms with van der Waals surface area (Å²) in [5.74, 6) is 0.824. The van der Waals surface area contributed by atoms with Crippen LogP contribution in [0.4, 0.5) is 0 Å². The predicted octanol–water partition coefficient (Wildman–Crippen LogP) is 2.23. The molecule has 2 heterocycles. The molecule has 0 aromatic carbocycles. The van der Waals surface area contributed by atoms with Crippen LogP contribution < -0.4 is 0 Å². The lowest BCUT2D eigenvalue weighted by Crippen LogP contribution is -2.38. The van der Waals surface area contributed by atoms with Gasteiger partial charge in [-0.15, -0.1) is 0 Å². The molecule has 4 nitrogen and oxygen atoms in total. The molecule has 1 aromatic rings. The fourth-order valence-corrected chi connectivity index (χ4v) is 2.24. The van der Waals surface area contributed by atoms with E-state index >= 15 is 0 Å². The first kappa shape index (κ1) is 12.1. The molecule has 1 aliphatic heterocycles. The molecule has 1 aliphatic rings. The average molecular weight is 235 g/mol. The molecule has 0 radical (unpaired) electrons. The number of aromatic nitrogens is 2. The Kier molecular flexibility index (Phi) is 3.82. The van der Waals surface area contributed by atoms with Crippen molar-refractivity contribution >= 4 is 5.91 Å². The van der Waals surface area contributed by atoms with Crippen LogP contribution in [0.2, 0.25) is 0 Å². The van der Waals surface area contributed by atoms with Crippen molar-refractivity contribution in [3.05, 3.63) is 17.5 Å². The van der Waals surface area contributed by atoms with Crippen LogP contribution in [0.1, 0.15) is 49.3 Å². The SMILES string of the molecule is CCCc1cc(C(=O)N2CCC(C)CC2)n[nH]1. The van der Waals surface area contributed by atoms with Gasteiger partial charge in [0, 0.05) is 18.8 Å². The van der Waals surface area contributed by atoms with Gasteiger partial charge in [0.05, 0.1) is 0 Å². The molecule has 0 spiro atoms. The zero-order valence-corrected chi connectivity index (χ0v) is 10.7. The minimum Gasteiger partial charge on any atom is -0.337 e. The fraction of sp³-hybridized carbons (Fsp3) is 0.692. The van der Waals surface area contributed by atoms with E-state index in [2.05, 4.69) is 24.0 Å². The van der Waals surface area contributed by atoms with Gasteiger partial charge < -0.3 is 4.90 Å². The zero-order chi connectivity index (χ0) is 12.3. The van der Waals surface area contributed by atoms with Gasteiger partial charge in [0.1, 0.15) is 5.69 Å². The van der Waals surface area contributed by atoms with E-state index in [9.17, 15) is 4.79 Å². The summed E-state index contributed by atoms with van der Waals surface area (Å²) < 4.78 is 0. The highest BCUT2D eigenvalue weighted by Gasteiger charge is 2.22. The first-order chi connectivity index (χ1) is 8.20. The molecule has 94 valence electrons. The molecule has 0 saturated carbocycles. The Labute approximate surface area is 102 Å². The van der Waals surface area contributed by atoms with E-state index in [1.165, 1.54) is 0 Å². The molecule has 1 N–H and O–H groups in total. The van der Waals surface area contributed by atoms with Crippen molar-refractivity contribution in [2.45, 2.75) is 39.5 Å². The Morgan fingerprint density at radius 1 is 1.53 bits per heavy atom. The minimum absolute atomic E-state index is 0.0792. The van der Waals surface area contributed by atoms with E-state index in [0.29, 0.717) is 5.69 Å². The fourth-order valence-electron chi connectivity index (χ4n) is 2.24. The van der Waals surface area contributed by atoms with Crippen LogP contribution in [0.15, 0.2) is 6.07 Å². The van der Waals surface area contributed by atoms with Crippen LogP contribution in [0.25, 0.3) is 0 Å². The molecule has 4 heteroatoms. The summed E-state index contributed by atoms with van der Waals surface area (Å²) in [6.45, 7) is 6.11. The summed E-state index contributed by atoms with van der Waals surface area (Å²) in [5.41, 5.74) is 1.63. The zero-order valence-electron chi connectivity index (χ0n) is 10.7. The standard InChI is InChI=1S/C13H21N3O/c1-3-4-11-9-12(15-14-11)13(17)16-7-5-10(2)6-8-16/h9-10H,3-8H2,1-2H3,(H,14,15). The van der Waals surface area contributed by atoms with Crippen molar-refractivity contribution in [3.8, 4) is 0 Å². The third-order valence-corrected chi connectivity index (χ3v) is 3.44. The number of likely N-dealkylation sites (tertiary alicyclic amines) is 1. The molecule has 1 aromatic heterocycles. The van der Waals surface area contributed by atoms with E-state index in [1.54, 1.807) is 0 Å². The van der Waals surface area contributed by atoms with Gasteiger partial charge in [-0.05, 0) is 31.2 Å². The predicted molar refractivity (Wildman–Crippen MR) is 66.9 cm³/mol. The van der Waals surface area contributed by atoms with Crippen LogP contribution in [0, 0.1) is 5.92 Å². The van der Waals surface area contributed by atoms with Crippen LogP contribution in [-0.4, -0.2) is 34.1 Å². The van der Waals surface area contributed by atoms with E-state index in [4.69, 9.17) is 0 Å². The van der Waals surface area contributed by atoms with Crippen molar-refractivity contribution in [2.24, 2.45) is 5.92 Å². The lowest BCUT2D eigenvalue weighted by atomic mass is 9.99. The second kappa shape index (κ2) is 5.34. The van der Waals surface area contributed by atoms with Gasteiger partial charge >= 0.3 is 0 Å². The molecule has 1 fully saturated rings. The largest absolute Gasteiger partial charge is 0.337 e. The van der Waals surface area contributed by atoms with Crippen LogP contribution in [0.5, 0.6) is 0 Å². The molecule has 17 heavy (non-hydrogen) atoms. The van der Waals surface area contributed by atoms with E-state index in [0.717, 1.165) is 50.4 Å². The quantitative estimate of drug-likeness (QED) is 0.873. The number of nitrogens with zero attached hydrogens (tertiary/aromatic N) is 2. The van der Waals surface area contributed by atoms with E-state index in [-0.39, 0.29) is 5.91 Å². The third kappa shape index (κ3) is 2.87. The second-order valence-corrected chi connectivity index (χ2v) is 5.00. The number of aromatic amines is 1. The van der Waals surface area contributed by atoms with Crippen molar-refractivity contribution in [2.75, 3.05) is 13.1 Å². The molecule has 2 rings (SSSR count). The molecule has 0 atom stereocenters. The van der Waals surface area contributed by atoms with Crippen LogP contribution >= 0.6 is 0 Å². The molecular formula is C13H21N3O. The first-order valence-corrected chi connectivity index (χ1v) is 6.54. The number of amides is 1. The van der Waals surface area contributed by atoms with E-state index in [1.807, 2.05) is 11.0 Å². The Balaban J connectivity index is 1.98. The summed E-state index contributed by atoms with van der Waals surface area (Å²) in [5, 5.41) is 7.05. The number of rotatable bonds is 3. The van der Waals surface area contributed by atoms with Gasteiger partial charge in [-0.25, -0.2) is 0 Å². The maximum Gasteiger partial charge on any atom is 0.274 e. The number of hydrogen-bond acceptors (Lipinski definition) is 2. The summed E-state index contributed by atoms with van der Waals surface area (Å²) in [6, 6.07) is 1.89. The Bertz CT molecular complexity index is 378. The number of H-pyrrole nitrogens is 1. The molecule has 0 bridgehead atoms. The number of piperidine rings is 1. The number of aryl methyl sites for hydroxylation is 1. The van der Waals surface area contributed by atoms with Crippen molar-refractivity contribution in [1.29, 1.82) is 0 Å². The average Bonchev–Trinajstić information content (AvgIpc) is 2.78. The van der Waals surface area contributed by atoms with Gasteiger partial charge in [0.2, 0.25) is 0 Å². The van der Waals surface area contributed by atoms with Gasteiger partial charge in [-0.3, -0.25) is 9.89 Å². The highest BCUT2D eigenvalue weighted by atomic mass is 16.2. The lowest BCUT2D eigenvalue weighted by Gasteiger charge is -2.29. The molecule has 1 amide bonds. The molecular weight excluding hydrogens is 214 g/mol. The number of carbonyl (C=O) groups excluding carboxylic acids is 1. The van der Waals surface area contributed by atoms with Gasteiger partial charge in [0.15, 0.2) is 0 Å². The number of carbonyl (C=O) groups is 1. The smallest absolute Gasteiger partial charge is 0.274 e. The molecule has 0 unspecified atom stereocenters. The Morgan fingerprint density at radius 2 is 2.24 bits per heavy atom. The normalized spacial score (nSPS) is 17.4. The van der Waals surface area contributed by atoms with Crippen molar-refractivity contribution < 1.29 is 4.79 Å². The van der Waals surface area contributed by atoms with Crippen molar-refractivity contribution in [3.63, 3.8) is 0 Å². The van der Waals surface area contributed by atoms with Crippen LogP contribution in [-0.2, 0) is 6.42 Å². The highest BCUT2D eigenvalue weighted by molar-refractivity contribution is 5.92. The summed E-state index contributed by atoms with van der Waals surface area (Å²) >= 11 is 0.